The minimum absolute atomic E-state index is 0. The highest BCUT2D eigenvalue weighted by molar-refractivity contribution is 5.85. The van der Waals surface area contributed by atoms with E-state index in [2.05, 4.69) is 10.6 Å². The summed E-state index contributed by atoms with van der Waals surface area (Å²) in [5, 5.41) is 14.5. The molecule has 0 aliphatic carbocycles. The molecule has 0 bridgehead atoms. The average Bonchev–Trinajstić information content (AvgIpc) is 2.42. The van der Waals surface area contributed by atoms with Gasteiger partial charge in [0.2, 0.25) is 5.91 Å². The molecule has 0 aromatic heterocycles. The number of halogens is 1. The maximum absolute atomic E-state index is 11.7. The number of hydrogen-bond acceptors (Lipinski definition) is 3. The van der Waals surface area contributed by atoms with E-state index in [-0.39, 0.29) is 24.9 Å². The molecule has 118 valence electrons. The fraction of sp³-hybridized carbons (Fsp3) is 0.467. The molecule has 1 atom stereocenters. The molecule has 0 heterocycles. The van der Waals surface area contributed by atoms with Crippen LogP contribution in [0.4, 0.5) is 0 Å². The van der Waals surface area contributed by atoms with Gasteiger partial charge >= 0.3 is 5.97 Å². The second-order valence-corrected chi connectivity index (χ2v) is 4.76. The second kappa shape index (κ2) is 10.2. The molecular formula is C15H23ClN2O3. The summed E-state index contributed by atoms with van der Waals surface area (Å²) < 4.78 is 0. The van der Waals surface area contributed by atoms with Gasteiger partial charge in [0.25, 0.3) is 0 Å². The standard InChI is InChI=1S/C15H22N2O3.ClH/c1-3-6-13(15(19)20)16-10-14(18)17-9-12-8-5-4-7-11(12)2;/h4-5,7-8,13,16H,3,6,9-10H2,1-2H3,(H,17,18)(H,19,20);1H. The number of nitrogens with one attached hydrogen (secondary N) is 2. The van der Waals surface area contributed by atoms with Crippen molar-refractivity contribution in [2.45, 2.75) is 39.3 Å². The monoisotopic (exact) mass is 314 g/mol. The summed E-state index contributed by atoms with van der Waals surface area (Å²) in [5.41, 5.74) is 2.18. The number of carbonyl (C=O) groups excluding carboxylic acids is 1. The molecule has 0 spiro atoms. The highest BCUT2D eigenvalue weighted by atomic mass is 35.5. The Morgan fingerprint density at radius 1 is 1.29 bits per heavy atom. The number of carboxylic acid groups (broad SMARTS) is 1. The molecule has 6 heteroatoms. The van der Waals surface area contributed by atoms with Crippen molar-refractivity contribution >= 4 is 24.3 Å². The van der Waals surface area contributed by atoms with Crippen LogP contribution >= 0.6 is 12.4 Å². The van der Waals surface area contributed by atoms with Gasteiger partial charge in [-0.2, -0.15) is 0 Å². The van der Waals surface area contributed by atoms with Crippen molar-refractivity contribution in [3.05, 3.63) is 35.4 Å². The Morgan fingerprint density at radius 2 is 1.95 bits per heavy atom. The van der Waals surface area contributed by atoms with Crippen molar-refractivity contribution in [1.29, 1.82) is 0 Å². The van der Waals surface area contributed by atoms with Gasteiger partial charge in [-0.25, -0.2) is 0 Å². The predicted molar refractivity (Wildman–Crippen MR) is 84.6 cm³/mol. The summed E-state index contributed by atoms with van der Waals surface area (Å²) >= 11 is 0. The summed E-state index contributed by atoms with van der Waals surface area (Å²) in [4.78, 5) is 22.6. The summed E-state index contributed by atoms with van der Waals surface area (Å²) in [6, 6.07) is 7.16. The summed E-state index contributed by atoms with van der Waals surface area (Å²) in [5.74, 6) is -1.12. The summed E-state index contributed by atoms with van der Waals surface area (Å²) in [6.45, 7) is 4.37. The van der Waals surface area contributed by atoms with Crippen LogP contribution < -0.4 is 10.6 Å². The van der Waals surface area contributed by atoms with Crippen LogP contribution in [0, 0.1) is 6.92 Å². The first-order chi connectivity index (χ1) is 9.54. The summed E-state index contributed by atoms with van der Waals surface area (Å²) in [7, 11) is 0. The van der Waals surface area contributed by atoms with Crippen LogP contribution in [0.2, 0.25) is 0 Å². The highest BCUT2D eigenvalue weighted by Crippen LogP contribution is 2.05. The number of carboxylic acids is 1. The van der Waals surface area contributed by atoms with Gasteiger partial charge in [0.15, 0.2) is 0 Å². The van der Waals surface area contributed by atoms with Gasteiger partial charge in [-0.1, -0.05) is 37.6 Å². The predicted octanol–water partition coefficient (Wildman–Crippen LogP) is 1.88. The fourth-order valence-corrected chi connectivity index (χ4v) is 1.88. The largest absolute Gasteiger partial charge is 0.480 e. The molecule has 5 nitrogen and oxygen atoms in total. The van der Waals surface area contributed by atoms with E-state index in [0.29, 0.717) is 13.0 Å². The molecule has 1 unspecified atom stereocenters. The summed E-state index contributed by atoms with van der Waals surface area (Å²) in [6.07, 6.45) is 1.27. The Hall–Kier alpha value is -1.59. The Bertz CT molecular complexity index is 466. The van der Waals surface area contributed by atoms with Gasteiger partial charge in [0.1, 0.15) is 6.04 Å². The van der Waals surface area contributed by atoms with Crippen molar-refractivity contribution < 1.29 is 14.7 Å². The molecule has 1 amide bonds. The van der Waals surface area contributed by atoms with Crippen LogP contribution in [0.5, 0.6) is 0 Å². The number of hydrogen-bond donors (Lipinski definition) is 3. The van der Waals surface area contributed by atoms with Crippen LogP contribution in [0.3, 0.4) is 0 Å². The fourth-order valence-electron chi connectivity index (χ4n) is 1.88. The van der Waals surface area contributed by atoms with E-state index in [1.807, 2.05) is 38.1 Å². The van der Waals surface area contributed by atoms with Crippen molar-refractivity contribution in [3.63, 3.8) is 0 Å². The molecule has 0 aliphatic rings. The minimum atomic E-state index is -0.918. The molecule has 0 fully saturated rings. The number of rotatable bonds is 8. The van der Waals surface area contributed by atoms with Gasteiger partial charge in [0, 0.05) is 6.54 Å². The lowest BCUT2D eigenvalue weighted by Crippen LogP contribution is -2.42. The lowest BCUT2D eigenvalue weighted by Gasteiger charge is -2.13. The molecule has 1 rings (SSSR count). The lowest BCUT2D eigenvalue weighted by atomic mass is 10.1. The lowest BCUT2D eigenvalue weighted by molar-refractivity contribution is -0.139. The van der Waals surface area contributed by atoms with E-state index >= 15 is 0 Å². The smallest absolute Gasteiger partial charge is 0.320 e. The maximum atomic E-state index is 11.7. The number of amides is 1. The molecular weight excluding hydrogens is 292 g/mol. The minimum Gasteiger partial charge on any atom is -0.480 e. The molecule has 0 saturated carbocycles. The van der Waals surface area contributed by atoms with Gasteiger partial charge in [-0.3, -0.25) is 14.9 Å². The Balaban J connectivity index is 0.00000400. The zero-order chi connectivity index (χ0) is 15.0. The Morgan fingerprint density at radius 3 is 2.52 bits per heavy atom. The van der Waals surface area contributed by atoms with E-state index in [9.17, 15) is 9.59 Å². The second-order valence-electron chi connectivity index (χ2n) is 4.76. The van der Waals surface area contributed by atoms with E-state index in [1.54, 1.807) is 0 Å². The first-order valence-corrected chi connectivity index (χ1v) is 6.82. The number of aryl methyl sites for hydroxylation is 1. The van der Waals surface area contributed by atoms with Crippen LogP contribution in [0.15, 0.2) is 24.3 Å². The van der Waals surface area contributed by atoms with Crippen LogP contribution in [0.1, 0.15) is 30.9 Å². The van der Waals surface area contributed by atoms with E-state index < -0.39 is 12.0 Å². The number of aliphatic carboxylic acids is 1. The molecule has 1 aromatic rings. The van der Waals surface area contributed by atoms with Crippen molar-refractivity contribution in [3.8, 4) is 0 Å². The molecule has 0 aliphatic heterocycles. The van der Waals surface area contributed by atoms with Gasteiger partial charge < -0.3 is 10.4 Å². The molecule has 0 radical (unpaired) electrons. The van der Waals surface area contributed by atoms with Crippen molar-refractivity contribution in [2.75, 3.05) is 6.54 Å². The zero-order valence-electron chi connectivity index (χ0n) is 12.4. The van der Waals surface area contributed by atoms with Crippen LogP contribution in [0.25, 0.3) is 0 Å². The molecule has 21 heavy (non-hydrogen) atoms. The van der Waals surface area contributed by atoms with Crippen LogP contribution in [-0.4, -0.2) is 29.6 Å². The average molecular weight is 315 g/mol. The maximum Gasteiger partial charge on any atom is 0.320 e. The Labute approximate surface area is 131 Å². The van der Waals surface area contributed by atoms with Crippen LogP contribution in [-0.2, 0) is 16.1 Å². The van der Waals surface area contributed by atoms with Gasteiger partial charge in [0.05, 0.1) is 6.54 Å². The Kier molecular flexibility index (Phi) is 9.41. The third-order valence-corrected chi connectivity index (χ3v) is 3.12. The van der Waals surface area contributed by atoms with E-state index in [1.165, 1.54) is 0 Å². The normalized spacial score (nSPS) is 11.3. The third kappa shape index (κ3) is 7.11. The first kappa shape index (κ1) is 19.4. The van der Waals surface area contributed by atoms with E-state index in [4.69, 9.17) is 5.11 Å². The van der Waals surface area contributed by atoms with E-state index in [0.717, 1.165) is 17.5 Å². The highest BCUT2D eigenvalue weighted by Gasteiger charge is 2.16. The van der Waals surface area contributed by atoms with Crippen molar-refractivity contribution in [2.24, 2.45) is 0 Å². The molecule has 3 N–H and O–H groups in total. The third-order valence-electron chi connectivity index (χ3n) is 3.12. The van der Waals surface area contributed by atoms with Gasteiger partial charge in [-0.15, -0.1) is 12.4 Å². The SMILES string of the molecule is CCCC(NCC(=O)NCc1ccccc1C)C(=O)O.Cl. The number of carbonyl (C=O) groups is 2. The molecule has 1 aromatic carbocycles. The van der Waals surface area contributed by atoms with Gasteiger partial charge in [-0.05, 0) is 24.5 Å². The topological polar surface area (TPSA) is 78.4 Å². The number of benzene rings is 1. The quantitative estimate of drug-likeness (QED) is 0.684. The first-order valence-electron chi connectivity index (χ1n) is 6.82. The zero-order valence-corrected chi connectivity index (χ0v) is 13.2. The van der Waals surface area contributed by atoms with Crippen molar-refractivity contribution in [1.82, 2.24) is 10.6 Å². The molecule has 0 saturated heterocycles.